The second kappa shape index (κ2) is 6.67. The second-order valence-electron chi connectivity index (χ2n) is 5.38. The van der Waals surface area contributed by atoms with Crippen molar-refractivity contribution in [1.82, 2.24) is 5.32 Å². The summed E-state index contributed by atoms with van der Waals surface area (Å²) < 4.78 is 26.5. The second-order valence-corrected chi connectivity index (χ2v) is 5.38. The molecule has 23 heavy (non-hydrogen) atoms. The van der Waals surface area contributed by atoms with Gasteiger partial charge in [-0.2, -0.15) is 0 Å². The fourth-order valence-electron chi connectivity index (χ4n) is 2.53. The number of rotatable bonds is 2. The van der Waals surface area contributed by atoms with Gasteiger partial charge in [0, 0.05) is 24.2 Å². The molecule has 4 heteroatoms. The summed E-state index contributed by atoms with van der Waals surface area (Å²) in [5, 5.41) is 3.14. The summed E-state index contributed by atoms with van der Waals surface area (Å²) in [6.45, 7) is 0.853. The number of carbonyl (C=O) groups is 1. The highest BCUT2D eigenvalue weighted by atomic mass is 19.1. The van der Waals surface area contributed by atoms with Crippen LogP contribution < -0.4 is 5.32 Å². The topological polar surface area (TPSA) is 29.1 Å². The van der Waals surface area contributed by atoms with Gasteiger partial charge < -0.3 is 5.32 Å². The lowest BCUT2D eigenvalue weighted by atomic mass is 9.95. The number of piperidine rings is 1. The van der Waals surface area contributed by atoms with E-state index < -0.39 is 0 Å². The summed E-state index contributed by atoms with van der Waals surface area (Å²) in [6.07, 6.45) is 3.36. The fourth-order valence-corrected chi connectivity index (χ4v) is 2.53. The summed E-state index contributed by atoms with van der Waals surface area (Å²) in [5.41, 5.74) is 2.40. The third-order valence-corrected chi connectivity index (χ3v) is 3.59. The highest BCUT2D eigenvalue weighted by Gasteiger charge is 2.20. The lowest BCUT2D eigenvalue weighted by Crippen LogP contribution is -2.32. The van der Waals surface area contributed by atoms with Crippen LogP contribution in [0, 0.1) is 11.6 Å². The molecule has 3 rings (SSSR count). The van der Waals surface area contributed by atoms with Gasteiger partial charge in [-0.1, -0.05) is 24.3 Å². The monoisotopic (exact) mass is 311 g/mol. The van der Waals surface area contributed by atoms with Crippen LogP contribution in [-0.4, -0.2) is 18.9 Å². The van der Waals surface area contributed by atoms with Crippen molar-refractivity contribution in [3.05, 3.63) is 82.4 Å². The number of hydrogen-bond donors (Lipinski definition) is 1. The van der Waals surface area contributed by atoms with Crippen molar-refractivity contribution in [2.75, 3.05) is 13.1 Å². The van der Waals surface area contributed by atoms with Gasteiger partial charge in [0.1, 0.15) is 11.6 Å². The SMILES string of the molecule is O=C1/C(=C/c2cccc(F)c2)CNC/C1=C\c1cccc(F)c1. The van der Waals surface area contributed by atoms with Gasteiger partial charge in [0.05, 0.1) is 0 Å². The van der Waals surface area contributed by atoms with E-state index in [2.05, 4.69) is 5.32 Å². The Hall–Kier alpha value is -2.59. The van der Waals surface area contributed by atoms with Crippen LogP contribution in [0.4, 0.5) is 8.78 Å². The lowest BCUT2D eigenvalue weighted by Gasteiger charge is -2.18. The highest BCUT2D eigenvalue weighted by Crippen LogP contribution is 2.18. The van der Waals surface area contributed by atoms with Gasteiger partial charge in [0.15, 0.2) is 5.78 Å². The molecule has 2 aromatic carbocycles. The summed E-state index contributed by atoms with van der Waals surface area (Å²) in [4.78, 5) is 12.5. The van der Waals surface area contributed by atoms with Crippen LogP contribution in [-0.2, 0) is 4.79 Å². The lowest BCUT2D eigenvalue weighted by molar-refractivity contribution is -0.112. The van der Waals surface area contributed by atoms with Crippen LogP contribution in [0.1, 0.15) is 11.1 Å². The summed E-state index contributed by atoms with van der Waals surface area (Å²) in [7, 11) is 0. The molecule has 1 aliphatic heterocycles. The normalized spacial score (nSPS) is 18.6. The van der Waals surface area contributed by atoms with Crippen molar-refractivity contribution < 1.29 is 13.6 Å². The largest absolute Gasteiger partial charge is 0.308 e. The zero-order valence-corrected chi connectivity index (χ0v) is 12.4. The summed E-state index contributed by atoms with van der Waals surface area (Å²) in [6, 6.07) is 12.2. The Bertz CT molecular complexity index is 743. The maximum absolute atomic E-state index is 13.2. The van der Waals surface area contributed by atoms with E-state index >= 15 is 0 Å². The van der Waals surface area contributed by atoms with Gasteiger partial charge in [-0.15, -0.1) is 0 Å². The molecule has 1 fully saturated rings. The zero-order chi connectivity index (χ0) is 16.2. The number of halogens is 2. The average molecular weight is 311 g/mol. The van der Waals surface area contributed by atoms with Crippen LogP contribution in [0.5, 0.6) is 0 Å². The Morgan fingerprint density at radius 1 is 0.826 bits per heavy atom. The molecule has 2 nitrogen and oxygen atoms in total. The Morgan fingerprint density at radius 2 is 1.30 bits per heavy atom. The Labute approximate surface area is 133 Å². The van der Waals surface area contributed by atoms with E-state index in [0.29, 0.717) is 35.4 Å². The predicted molar refractivity (Wildman–Crippen MR) is 86.6 cm³/mol. The van der Waals surface area contributed by atoms with E-state index in [4.69, 9.17) is 0 Å². The van der Waals surface area contributed by atoms with Crippen LogP contribution in [0.3, 0.4) is 0 Å². The van der Waals surface area contributed by atoms with Gasteiger partial charge in [0.2, 0.25) is 0 Å². The van der Waals surface area contributed by atoms with Gasteiger partial charge in [-0.3, -0.25) is 4.79 Å². The molecule has 0 aromatic heterocycles. The van der Waals surface area contributed by atoms with Gasteiger partial charge in [-0.25, -0.2) is 8.78 Å². The Balaban J connectivity index is 1.89. The highest BCUT2D eigenvalue weighted by molar-refractivity contribution is 6.14. The summed E-state index contributed by atoms with van der Waals surface area (Å²) in [5.74, 6) is -0.783. The third-order valence-electron chi connectivity index (χ3n) is 3.59. The first-order valence-electron chi connectivity index (χ1n) is 7.29. The van der Waals surface area contributed by atoms with E-state index in [1.807, 2.05) is 0 Å². The van der Waals surface area contributed by atoms with Crippen LogP contribution in [0.25, 0.3) is 12.2 Å². The molecule has 0 saturated carbocycles. The van der Waals surface area contributed by atoms with E-state index in [0.717, 1.165) is 0 Å². The van der Waals surface area contributed by atoms with E-state index in [1.165, 1.54) is 24.3 Å². The van der Waals surface area contributed by atoms with Crippen molar-refractivity contribution in [2.24, 2.45) is 0 Å². The molecule has 1 saturated heterocycles. The minimum atomic E-state index is -0.342. The maximum atomic E-state index is 13.2. The smallest absolute Gasteiger partial charge is 0.187 e. The molecule has 0 aliphatic carbocycles. The minimum absolute atomic E-state index is 0.0997. The fraction of sp³-hybridized carbons (Fsp3) is 0.105. The number of nitrogens with one attached hydrogen (secondary N) is 1. The molecule has 116 valence electrons. The van der Waals surface area contributed by atoms with E-state index in [1.54, 1.807) is 36.4 Å². The third kappa shape index (κ3) is 3.79. The molecule has 0 bridgehead atoms. The minimum Gasteiger partial charge on any atom is -0.308 e. The van der Waals surface area contributed by atoms with Crippen LogP contribution >= 0.6 is 0 Å². The standard InChI is InChI=1S/C19H15F2NO/c20-17-5-1-3-13(9-17)7-15-11-22-12-16(19(15)23)8-14-4-2-6-18(21)10-14/h1-10,22H,11-12H2/b15-7+,16-8+. The number of benzene rings is 2. The van der Waals surface area contributed by atoms with Gasteiger partial charge in [-0.05, 0) is 47.5 Å². The molecule has 0 atom stereocenters. The van der Waals surface area contributed by atoms with Crippen molar-refractivity contribution >= 4 is 17.9 Å². The molecule has 0 spiro atoms. The summed E-state index contributed by atoms with van der Waals surface area (Å²) >= 11 is 0. The number of Topliss-reactive ketones (excluding diaryl/α,β-unsaturated/α-hetero) is 1. The molecule has 0 radical (unpaired) electrons. The van der Waals surface area contributed by atoms with Crippen molar-refractivity contribution in [2.45, 2.75) is 0 Å². The quantitative estimate of drug-likeness (QED) is 0.859. The Morgan fingerprint density at radius 3 is 1.74 bits per heavy atom. The molecule has 0 unspecified atom stereocenters. The van der Waals surface area contributed by atoms with E-state index in [-0.39, 0.29) is 17.4 Å². The van der Waals surface area contributed by atoms with E-state index in [9.17, 15) is 13.6 Å². The first-order valence-corrected chi connectivity index (χ1v) is 7.29. The van der Waals surface area contributed by atoms with Crippen molar-refractivity contribution in [3.8, 4) is 0 Å². The molecular formula is C19H15F2NO. The number of carbonyl (C=O) groups excluding carboxylic acids is 1. The molecule has 1 heterocycles. The van der Waals surface area contributed by atoms with Crippen molar-refractivity contribution in [1.29, 1.82) is 0 Å². The zero-order valence-electron chi connectivity index (χ0n) is 12.4. The Kier molecular flexibility index (Phi) is 4.44. The molecule has 0 amide bonds. The molecule has 1 aliphatic rings. The first kappa shape index (κ1) is 15.3. The van der Waals surface area contributed by atoms with Crippen molar-refractivity contribution in [3.63, 3.8) is 0 Å². The molecule has 1 N–H and O–H groups in total. The van der Waals surface area contributed by atoms with Gasteiger partial charge in [0.25, 0.3) is 0 Å². The first-order chi connectivity index (χ1) is 11.1. The van der Waals surface area contributed by atoms with Crippen LogP contribution in [0.2, 0.25) is 0 Å². The predicted octanol–water partition coefficient (Wildman–Crippen LogP) is 3.60. The van der Waals surface area contributed by atoms with Gasteiger partial charge >= 0.3 is 0 Å². The average Bonchev–Trinajstić information content (AvgIpc) is 2.51. The number of ketones is 1. The number of hydrogen-bond acceptors (Lipinski definition) is 2. The molecular weight excluding hydrogens is 296 g/mol. The van der Waals surface area contributed by atoms with Crippen LogP contribution in [0.15, 0.2) is 59.7 Å². The molecule has 2 aromatic rings. The maximum Gasteiger partial charge on any atom is 0.187 e.